The van der Waals surface area contributed by atoms with Crippen molar-refractivity contribution < 1.29 is 27.3 Å². The molecule has 0 unspecified atom stereocenters. The van der Waals surface area contributed by atoms with Gasteiger partial charge in [-0.05, 0) is 54.6 Å². The SMILES string of the molecule is CN(c1ccc(OC(=O)c2ccc([N+](=O)[O-])cc2Cl)cc1)S(=O)(=O)c1ccc(F)cc1. The lowest BCUT2D eigenvalue weighted by atomic mass is 10.2. The first-order valence-electron chi connectivity index (χ1n) is 8.60. The summed E-state index contributed by atoms with van der Waals surface area (Å²) in [5, 5.41) is 10.6. The van der Waals surface area contributed by atoms with E-state index in [1.807, 2.05) is 0 Å². The van der Waals surface area contributed by atoms with Gasteiger partial charge in [0.05, 0.1) is 26.1 Å². The average Bonchev–Trinajstić information content (AvgIpc) is 2.73. The summed E-state index contributed by atoms with van der Waals surface area (Å²) < 4.78 is 44.6. The molecule has 0 aliphatic heterocycles. The van der Waals surface area contributed by atoms with Gasteiger partial charge in [0.15, 0.2) is 0 Å². The molecule has 0 spiro atoms. The Morgan fingerprint density at radius 1 is 1.06 bits per heavy atom. The number of rotatable bonds is 6. The highest BCUT2D eigenvalue weighted by atomic mass is 35.5. The van der Waals surface area contributed by atoms with E-state index in [4.69, 9.17) is 16.3 Å². The molecule has 3 aromatic rings. The van der Waals surface area contributed by atoms with Crippen LogP contribution in [0.1, 0.15) is 10.4 Å². The Labute approximate surface area is 181 Å². The van der Waals surface area contributed by atoms with Gasteiger partial charge in [0.2, 0.25) is 0 Å². The average molecular weight is 465 g/mol. The van der Waals surface area contributed by atoms with Crippen molar-refractivity contribution in [2.24, 2.45) is 0 Å². The molecule has 11 heteroatoms. The Hall–Kier alpha value is -3.50. The number of nitro groups is 1. The molecule has 0 aromatic heterocycles. The van der Waals surface area contributed by atoms with E-state index in [1.54, 1.807) is 0 Å². The Bertz CT molecular complexity index is 1250. The normalized spacial score (nSPS) is 11.1. The molecule has 31 heavy (non-hydrogen) atoms. The predicted octanol–water partition coefficient (Wildman–Crippen LogP) is 4.43. The molecule has 0 amide bonds. The Morgan fingerprint density at radius 2 is 1.68 bits per heavy atom. The Kier molecular flexibility index (Phi) is 6.23. The number of carbonyl (C=O) groups excluding carboxylic acids is 1. The van der Waals surface area contributed by atoms with Crippen LogP contribution in [0.4, 0.5) is 15.8 Å². The number of non-ortho nitro benzene ring substituents is 1. The van der Waals surface area contributed by atoms with Crippen LogP contribution in [-0.2, 0) is 10.0 Å². The van der Waals surface area contributed by atoms with Crippen LogP contribution in [-0.4, -0.2) is 26.4 Å². The number of hydrogen-bond donors (Lipinski definition) is 0. The second-order valence-electron chi connectivity index (χ2n) is 6.23. The van der Waals surface area contributed by atoms with E-state index in [9.17, 15) is 27.7 Å². The lowest BCUT2D eigenvalue weighted by Crippen LogP contribution is -2.26. The molecule has 0 atom stereocenters. The Balaban J connectivity index is 1.76. The number of sulfonamides is 1. The molecular weight excluding hydrogens is 451 g/mol. The summed E-state index contributed by atoms with van der Waals surface area (Å²) in [6.07, 6.45) is 0. The van der Waals surface area contributed by atoms with Gasteiger partial charge >= 0.3 is 5.97 Å². The molecule has 3 aromatic carbocycles. The van der Waals surface area contributed by atoms with Crippen LogP contribution in [0.5, 0.6) is 5.75 Å². The molecule has 3 rings (SSSR count). The molecule has 8 nitrogen and oxygen atoms in total. The fourth-order valence-electron chi connectivity index (χ4n) is 2.57. The van der Waals surface area contributed by atoms with Gasteiger partial charge in [0, 0.05) is 19.2 Å². The standard InChI is InChI=1S/C20H14ClFN2O6S/c1-23(31(28,29)17-9-2-13(22)3-10-17)14-4-7-16(8-5-14)30-20(25)18-11-6-15(24(26)27)12-19(18)21/h2-12H,1H3. The summed E-state index contributed by atoms with van der Waals surface area (Å²) in [6.45, 7) is 0. The highest BCUT2D eigenvalue weighted by molar-refractivity contribution is 7.92. The van der Waals surface area contributed by atoms with E-state index < -0.39 is 26.7 Å². The maximum atomic E-state index is 13.1. The fourth-order valence-corrected chi connectivity index (χ4v) is 4.02. The summed E-state index contributed by atoms with van der Waals surface area (Å²) in [7, 11) is -2.59. The molecule has 0 N–H and O–H groups in total. The third kappa shape index (κ3) is 4.81. The number of nitro benzene ring substituents is 1. The van der Waals surface area contributed by atoms with Crippen molar-refractivity contribution in [3.8, 4) is 5.75 Å². The van der Waals surface area contributed by atoms with E-state index in [0.717, 1.165) is 40.7 Å². The lowest BCUT2D eigenvalue weighted by Gasteiger charge is -2.19. The number of carbonyl (C=O) groups is 1. The zero-order chi connectivity index (χ0) is 22.8. The van der Waals surface area contributed by atoms with Crippen molar-refractivity contribution in [1.29, 1.82) is 0 Å². The quantitative estimate of drug-likeness (QED) is 0.231. The Morgan fingerprint density at radius 3 is 2.23 bits per heavy atom. The van der Waals surface area contributed by atoms with Crippen LogP contribution in [0.25, 0.3) is 0 Å². The van der Waals surface area contributed by atoms with E-state index in [1.165, 1.54) is 37.4 Å². The maximum absolute atomic E-state index is 13.1. The van der Waals surface area contributed by atoms with Crippen LogP contribution in [0.3, 0.4) is 0 Å². The van der Waals surface area contributed by atoms with E-state index in [-0.39, 0.29) is 32.6 Å². The van der Waals surface area contributed by atoms with Crippen molar-refractivity contribution in [2.45, 2.75) is 4.90 Å². The zero-order valence-electron chi connectivity index (χ0n) is 15.9. The first-order valence-corrected chi connectivity index (χ1v) is 10.4. The molecule has 0 fully saturated rings. The zero-order valence-corrected chi connectivity index (χ0v) is 17.4. The topological polar surface area (TPSA) is 107 Å². The minimum Gasteiger partial charge on any atom is -0.423 e. The van der Waals surface area contributed by atoms with E-state index in [2.05, 4.69) is 0 Å². The minimum absolute atomic E-state index is 0.0626. The number of hydrogen-bond acceptors (Lipinski definition) is 6. The number of benzene rings is 3. The third-order valence-electron chi connectivity index (χ3n) is 4.27. The number of halogens is 2. The molecule has 160 valence electrons. The highest BCUT2D eigenvalue weighted by Crippen LogP contribution is 2.27. The van der Waals surface area contributed by atoms with Crippen molar-refractivity contribution in [3.05, 3.63) is 93.2 Å². The first-order chi connectivity index (χ1) is 14.6. The monoisotopic (exact) mass is 464 g/mol. The smallest absolute Gasteiger partial charge is 0.345 e. The summed E-state index contributed by atoms with van der Waals surface area (Å²) in [6, 6.07) is 13.3. The summed E-state index contributed by atoms with van der Waals surface area (Å²) in [5.41, 5.74) is -0.0545. The highest BCUT2D eigenvalue weighted by Gasteiger charge is 2.22. The van der Waals surface area contributed by atoms with Gasteiger partial charge in [0.1, 0.15) is 11.6 Å². The second kappa shape index (κ2) is 8.70. The largest absolute Gasteiger partial charge is 0.423 e. The van der Waals surface area contributed by atoms with Crippen molar-refractivity contribution in [2.75, 3.05) is 11.4 Å². The first kappa shape index (κ1) is 22.2. The number of esters is 1. The van der Waals surface area contributed by atoms with Crippen LogP contribution in [0.2, 0.25) is 5.02 Å². The molecular formula is C20H14ClFN2O6S. The summed E-state index contributed by atoms with van der Waals surface area (Å²) >= 11 is 5.92. The molecule has 0 bridgehead atoms. The lowest BCUT2D eigenvalue weighted by molar-refractivity contribution is -0.384. The molecule has 0 heterocycles. The van der Waals surface area contributed by atoms with Crippen molar-refractivity contribution in [3.63, 3.8) is 0 Å². The van der Waals surface area contributed by atoms with Crippen LogP contribution in [0.15, 0.2) is 71.6 Å². The summed E-state index contributed by atoms with van der Waals surface area (Å²) in [4.78, 5) is 22.3. The van der Waals surface area contributed by atoms with Gasteiger partial charge in [0.25, 0.3) is 15.7 Å². The third-order valence-corrected chi connectivity index (χ3v) is 6.38. The number of ether oxygens (including phenoxy) is 1. The van der Waals surface area contributed by atoms with Crippen molar-refractivity contribution >= 4 is 39.0 Å². The predicted molar refractivity (Wildman–Crippen MR) is 111 cm³/mol. The second-order valence-corrected chi connectivity index (χ2v) is 8.61. The minimum atomic E-state index is -3.92. The van der Waals surface area contributed by atoms with Gasteiger partial charge in [-0.1, -0.05) is 11.6 Å². The maximum Gasteiger partial charge on any atom is 0.345 e. The van der Waals surface area contributed by atoms with Gasteiger partial charge in [-0.25, -0.2) is 17.6 Å². The van der Waals surface area contributed by atoms with Crippen LogP contribution < -0.4 is 9.04 Å². The van der Waals surface area contributed by atoms with Crippen LogP contribution >= 0.6 is 11.6 Å². The fraction of sp³-hybridized carbons (Fsp3) is 0.0500. The van der Waals surface area contributed by atoms with Gasteiger partial charge < -0.3 is 4.74 Å². The van der Waals surface area contributed by atoms with Gasteiger partial charge in [-0.15, -0.1) is 0 Å². The van der Waals surface area contributed by atoms with Gasteiger partial charge in [-0.3, -0.25) is 14.4 Å². The van der Waals surface area contributed by atoms with Crippen molar-refractivity contribution in [1.82, 2.24) is 0 Å². The summed E-state index contributed by atoms with van der Waals surface area (Å²) in [5.74, 6) is -1.28. The molecule has 0 saturated heterocycles. The van der Waals surface area contributed by atoms with Gasteiger partial charge in [-0.2, -0.15) is 0 Å². The molecule has 0 aliphatic rings. The molecule has 0 radical (unpaired) electrons. The number of nitrogens with zero attached hydrogens (tertiary/aromatic N) is 2. The number of anilines is 1. The van der Waals surface area contributed by atoms with E-state index in [0.29, 0.717) is 0 Å². The van der Waals surface area contributed by atoms with E-state index >= 15 is 0 Å². The molecule has 0 saturated carbocycles. The van der Waals surface area contributed by atoms with Crippen LogP contribution in [0, 0.1) is 15.9 Å². The molecule has 0 aliphatic carbocycles.